The normalized spacial score (nSPS) is 46.6. The fraction of sp³-hybridized carbons (Fsp3) is 0.919. The van der Waals surface area contributed by atoms with E-state index in [1.165, 1.54) is 0 Å². The molecule has 3 fully saturated rings. The molecule has 12 nitrogen and oxygen atoms in total. The number of hydrogen-bond acceptors (Lipinski definition) is 12. The van der Waals surface area contributed by atoms with Gasteiger partial charge in [0.15, 0.2) is 12.6 Å². The summed E-state index contributed by atoms with van der Waals surface area (Å²) in [5.41, 5.74) is -0.882. The number of cyclic esters (lactones) is 1. The lowest BCUT2D eigenvalue weighted by Gasteiger charge is -2.48. The van der Waals surface area contributed by atoms with E-state index in [1.807, 2.05) is 74.4 Å². The second kappa shape index (κ2) is 15.7. The quantitative estimate of drug-likeness (QED) is 0.301. The highest BCUT2D eigenvalue weighted by Crippen LogP contribution is 2.47. The first-order chi connectivity index (χ1) is 22.8. The van der Waals surface area contributed by atoms with E-state index in [9.17, 15) is 20.1 Å². The number of fused-ring (bicyclic) bond motifs is 2. The zero-order chi connectivity index (χ0) is 36.7. The van der Waals surface area contributed by atoms with E-state index >= 15 is 0 Å². The number of esters is 1. The molecule has 4 rings (SSSR count). The number of aliphatic hydroxyl groups excluding tert-OH is 3. The molecule has 17 atom stereocenters. The highest BCUT2D eigenvalue weighted by Gasteiger charge is 2.55. The molecule has 0 amide bonds. The van der Waals surface area contributed by atoms with E-state index in [1.54, 1.807) is 21.0 Å². The van der Waals surface area contributed by atoms with E-state index < -0.39 is 84.3 Å². The number of ether oxygens (including phenoxy) is 7. The van der Waals surface area contributed by atoms with Gasteiger partial charge in [0, 0.05) is 37.8 Å². The van der Waals surface area contributed by atoms with Crippen LogP contribution in [0, 0.1) is 23.7 Å². The van der Waals surface area contributed by atoms with Crippen LogP contribution in [0.2, 0.25) is 0 Å². The number of nitrogens with zero attached hydrogens (tertiary/aromatic N) is 1. The van der Waals surface area contributed by atoms with Crippen molar-refractivity contribution in [2.45, 2.75) is 174 Å². The van der Waals surface area contributed by atoms with Crippen LogP contribution in [0.25, 0.3) is 0 Å². The van der Waals surface area contributed by atoms with Crippen molar-refractivity contribution in [3.8, 4) is 0 Å². The van der Waals surface area contributed by atoms with E-state index in [4.69, 9.17) is 33.2 Å². The molecule has 0 aromatic carbocycles. The maximum atomic E-state index is 14.2. The van der Waals surface area contributed by atoms with Gasteiger partial charge in [-0.25, -0.2) is 0 Å². The zero-order valence-corrected chi connectivity index (χ0v) is 32.0. The van der Waals surface area contributed by atoms with E-state index in [2.05, 4.69) is 0 Å². The average Bonchev–Trinajstić information content (AvgIpc) is 3.36. The minimum Gasteiger partial charge on any atom is -0.488 e. The number of hydrogen-bond donors (Lipinski definition) is 3. The summed E-state index contributed by atoms with van der Waals surface area (Å²) < 4.78 is 45.2. The van der Waals surface area contributed by atoms with Crippen LogP contribution in [0.3, 0.4) is 0 Å². The number of likely N-dealkylation sites (N-methyl/N-ethyl adjacent to an activating group) is 1. The molecule has 4 aliphatic heterocycles. The van der Waals surface area contributed by atoms with Crippen LogP contribution in [0.15, 0.2) is 11.3 Å². The Bertz CT molecular complexity index is 1170. The van der Waals surface area contributed by atoms with E-state index in [0.29, 0.717) is 25.0 Å². The number of carbonyl (C=O) groups excluding carboxylic acids is 1. The molecule has 284 valence electrons. The van der Waals surface area contributed by atoms with Gasteiger partial charge in [0.1, 0.15) is 35.8 Å². The highest BCUT2D eigenvalue weighted by atomic mass is 16.7. The third-order valence-electron chi connectivity index (χ3n) is 11.9. The van der Waals surface area contributed by atoms with Crippen LogP contribution < -0.4 is 0 Å². The second-order valence-electron chi connectivity index (χ2n) is 16.1. The Morgan fingerprint density at radius 2 is 1.69 bits per heavy atom. The Morgan fingerprint density at radius 3 is 2.29 bits per heavy atom. The summed E-state index contributed by atoms with van der Waals surface area (Å²) in [6.45, 7) is 19.1. The van der Waals surface area contributed by atoms with Crippen molar-refractivity contribution in [3.63, 3.8) is 0 Å². The van der Waals surface area contributed by atoms with Gasteiger partial charge >= 0.3 is 5.97 Å². The fourth-order valence-electron chi connectivity index (χ4n) is 8.67. The Labute approximate surface area is 293 Å². The molecule has 0 saturated carbocycles. The molecule has 3 N–H and O–H groups in total. The Balaban J connectivity index is 1.81. The smallest absolute Gasteiger partial charge is 0.311 e. The molecule has 0 spiro atoms. The van der Waals surface area contributed by atoms with Crippen molar-refractivity contribution in [1.82, 2.24) is 4.90 Å². The minimum absolute atomic E-state index is 0.171. The third-order valence-corrected chi connectivity index (χ3v) is 11.9. The van der Waals surface area contributed by atoms with Crippen molar-refractivity contribution in [1.29, 1.82) is 0 Å². The van der Waals surface area contributed by atoms with Crippen molar-refractivity contribution in [2.24, 2.45) is 23.7 Å². The Kier molecular flexibility index (Phi) is 13.0. The summed E-state index contributed by atoms with van der Waals surface area (Å²) in [7, 11) is 5.41. The molecule has 0 aliphatic carbocycles. The molecule has 0 aromatic rings. The first-order valence-corrected chi connectivity index (χ1v) is 18.2. The van der Waals surface area contributed by atoms with Crippen molar-refractivity contribution >= 4 is 5.97 Å². The molecule has 0 aromatic heterocycles. The maximum absolute atomic E-state index is 14.2. The van der Waals surface area contributed by atoms with Gasteiger partial charge in [-0.05, 0) is 74.1 Å². The number of aliphatic hydroxyl groups is 3. The monoisotopic (exact) mass is 699 g/mol. The summed E-state index contributed by atoms with van der Waals surface area (Å²) in [6, 6.07) is -0.192. The summed E-state index contributed by atoms with van der Waals surface area (Å²) >= 11 is 0. The van der Waals surface area contributed by atoms with Gasteiger partial charge < -0.3 is 53.4 Å². The topological polar surface area (TPSA) is 146 Å². The maximum Gasteiger partial charge on any atom is 0.311 e. The van der Waals surface area contributed by atoms with Crippen LogP contribution in [-0.2, 0) is 38.0 Å². The molecule has 0 radical (unpaired) electrons. The van der Waals surface area contributed by atoms with Gasteiger partial charge in [0.05, 0.1) is 41.9 Å². The predicted molar refractivity (Wildman–Crippen MR) is 182 cm³/mol. The van der Waals surface area contributed by atoms with Crippen molar-refractivity contribution in [3.05, 3.63) is 11.3 Å². The zero-order valence-electron chi connectivity index (χ0n) is 32.0. The second-order valence-corrected chi connectivity index (χ2v) is 16.1. The largest absolute Gasteiger partial charge is 0.488 e. The van der Waals surface area contributed by atoms with Gasteiger partial charge in [-0.1, -0.05) is 27.7 Å². The van der Waals surface area contributed by atoms with E-state index in [-0.39, 0.29) is 30.4 Å². The molecule has 3 saturated heterocycles. The molecule has 2 bridgehead atoms. The van der Waals surface area contributed by atoms with Crippen LogP contribution in [0.1, 0.15) is 94.9 Å². The summed E-state index contributed by atoms with van der Waals surface area (Å²) in [6.07, 6.45) is -5.41. The molecule has 12 heteroatoms. The molecular weight excluding hydrogens is 634 g/mol. The molecule has 4 aliphatic rings. The van der Waals surface area contributed by atoms with Crippen molar-refractivity contribution < 1.29 is 53.3 Å². The number of methoxy groups -OCH3 is 1. The van der Waals surface area contributed by atoms with Crippen molar-refractivity contribution in [2.75, 3.05) is 21.2 Å². The van der Waals surface area contributed by atoms with Gasteiger partial charge in [-0.2, -0.15) is 0 Å². The first-order valence-electron chi connectivity index (χ1n) is 18.2. The molecular formula is C37H65NO11. The highest BCUT2D eigenvalue weighted by molar-refractivity contribution is 5.73. The molecule has 9 unspecified atom stereocenters. The van der Waals surface area contributed by atoms with Gasteiger partial charge in [0.25, 0.3) is 0 Å². The average molecular weight is 700 g/mol. The van der Waals surface area contributed by atoms with Gasteiger partial charge in [-0.3, -0.25) is 4.79 Å². The molecule has 4 heterocycles. The van der Waals surface area contributed by atoms with Crippen LogP contribution in [-0.4, -0.2) is 126 Å². The van der Waals surface area contributed by atoms with Gasteiger partial charge in [0.2, 0.25) is 0 Å². The Morgan fingerprint density at radius 1 is 1.04 bits per heavy atom. The van der Waals surface area contributed by atoms with Crippen LogP contribution in [0.5, 0.6) is 0 Å². The number of carbonyl (C=O) groups is 1. The SMILES string of the molecule is CCC(O)C(C)C1OC(=O)C(C)C(O[C@H]2C[C@@](C)(OC)[C@@H](O)[C@H](C)O2)C(C)C(O[C@@H]2O[C@H](C)C[C@H](N(C)C)[C@H]2O)C2(C)CC(C)=C(O2)C1C. The van der Waals surface area contributed by atoms with E-state index in [0.717, 1.165) is 5.57 Å². The predicted octanol–water partition coefficient (Wildman–Crippen LogP) is 3.78. The molecule has 49 heavy (non-hydrogen) atoms. The number of rotatable bonds is 9. The lowest BCUT2D eigenvalue weighted by atomic mass is 9.79. The Hall–Kier alpha value is -1.35. The van der Waals surface area contributed by atoms with Crippen LogP contribution in [0.4, 0.5) is 0 Å². The third kappa shape index (κ3) is 8.18. The summed E-state index contributed by atoms with van der Waals surface area (Å²) in [5.74, 6) is -1.82. The first kappa shape index (κ1) is 40.4. The summed E-state index contributed by atoms with van der Waals surface area (Å²) in [5, 5.41) is 33.4. The van der Waals surface area contributed by atoms with Crippen LogP contribution >= 0.6 is 0 Å². The fourth-order valence-corrected chi connectivity index (χ4v) is 8.67. The van der Waals surface area contributed by atoms with Gasteiger partial charge in [-0.15, -0.1) is 0 Å². The lowest BCUT2D eigenvalue weighted by Crippen LogP contribution is -2.60. The summed E-state index contributed by atoms with van der Waals surface area (Å²) in [4.78, 5) is 16.2. The minimum atomic E-state index is -0.968. The standard InChI is InChI=1S/C37H65NO11/c1-14-26(39)20(4)30-21(5)29-18(2)16-37(10,49-29)33(48-35-28(40)25(38(11)12)15-19(3)44-35)22(6)31(23(7)34(42)47-30)46-27-17-36(9,43-13)32(41)24(8)45-27/h19-28,30-33,35,39-41H,14-17H2,1-13H3/t19-,20?,21?,22?,23?,24+,25+,26?,27+,28-,30?,31?,32+,33?,35+,36-,37?/m1/s1. The lowest BCUT2D eigenvalue weighted by molar-refractivity contribution is -0.316.